The van der Waals surface area contributed by atoms with E-state index < -0.39 is 10.1 Å². The van der Waals surface area contributed by atoms with Crippen LogP contribution < -0.4 is 4.18 Å². The van der Waals surface area contributed by atoms with Gasteiger partial charge in [-0.15, -0.1) is 0 Å². The van der Waals surface area contributed by atoms with Crippen molar-refractivity contribution in [2.45, 2.75) is 38.0 Å². The van der Waals surface area contributed by atoms with Gasteiger partial charge in [0.05, 0.1) is 0 Å². The standard InChI is InChI=1S/C18H20O4S/c1-4-13(2)17-7-5-6-8-18(17)22-23(20,21)16-11-9-15(10-12-16)14(3)19/h5-13H,4H2,1-3H3. The van der Waals surface area contributed by atoms with Gasteiger partial charge in [-0.2, -0.15) is 8.42 Å². The predicted molar refractivity (Wildman–Crippen MR) is 89.4 cm³/mol. The number of Topliss-reactive ketones (excluding diaryl/α,β-unsaturated/α-hetero) is 1. The summed E-state index contributed by atoms with van der Waals surface area (Å²) in [6.45, 7) is 5.50. The molecule has 0 saturated carbocycles. The van der Waals surface area contributed by atoms with Crippen LogP contribution in [0.15, 0.2) is 53.4 Å². The molecule has 0 aromatic heterocycles. The molecule has 122 valence electrons. The SMILES string of the molecule is CCC(C)c1ccccc1OS(=O)(=O)c1ccc(C(C)=O)cc1. The number of hydrogen-bond donors (Lipinski definition) is 0. The molecule has 0 saturated heterocycles. The normalized spacial score (nSPS) is 12.7. The second-order valence-electron chi connectivity index (χ2n) is 5.47. The van der Waals surface area contributed by atoms with Crippen molar-refractivity contribution in [3.63, 3.8) is 0 Å². The Kier molecular flexibility index (Phi) is 5.21. The Labute approximate surface area is 137 Å². The van der Waals surface area contributed by atoms with Crippen molar-refractivity contribution in [3.05, 3.63) is 59.7 Å². The lowest BCUT2D eigenvalue weighted by Gasteiger charge is -2.15. The van der Waals surface area contributed by atoms with E-state index in [1.807, 2.05) is 26.0 Å². The number of rotatable bonds is 6. The first-order valence-corrected chi connectivity index (χ1v) is 8.90. The highest BCUT2D eigenvalue weighted by atomic mass is 32.2. The van der Waals surface area contributed by atoms with Crippen molar-refractivity contribution in [2.24, 2.45) is 0 Å². The Bertz CT molecular complexity index is 792. The van der Waals surface area contributed by atoms with E-state index in [1.165, 1.54) is 31.2 Å². The van der Waals surface area contributed by atoms with Crippen LogP contribution in [0.4, 0.5) is 0 Å². The molecule has 0 fully saturated rings. The Balaban J connectivity index is 2.33. The largest absolute Gasteiger partial charge is 0.379 e. The van der Waals surface area contributed by atoms with Gasteiger partial charge in [-0.3, -0.25) is 4.79 Å². The van der Waals surface area contributed by atoms with E-state index in [9.17, 15) is 13.2 Å². The summed E-state index contributed by atoms with van der Waals surface area (Å²) in [6.07, 6.45) is 0.883. The Morgan fingerprint density at radius 1 is 1.09 bits per heavy atom. The van der Waals surface area contributed by atoms with Crippen molar-refractivity contribution < 1.29 is 17.4 Å². The molecule has 2 rings (SSSR count). The van der Waals surface area contributed by atoms with Crippen LogP contribution >= 0.6 is 0 Å². The monoisotopic (exact) mass is 332 g/mol. The van der Waals surface area contributed by atoms with Gasteiger partial charge in [0.15, 0.2) is 5.78 Å². The van der Waals surface area contributed by atoms with E-state index in [-0.39, 0.29) is 16.6 Å². The Hall–Kier alpha value is -2.14. The molecule has 0 radical (unpaired) electrons. The van der Waals surface area contributed by atoms with Crippen LogP contribution in [-0.4, -0.2) is 14.2 Å². The lowest BCUT2D eigenvalue weighted by atomic mass is 9.98. The lowest BCUT2D eigenvalue weighted by molar-refractivity contribution is 0.101. The fourth-order valence-corrected chi connectivity index (χ4v) is 3.16. The van der Waals surface area contributed by atoms with E-state index in [1.54, 1.807) is 12.1 Å². The van der Waals surface area contributed by atoms with E-state index >= 15 is 0 Å². The number of benzene rings is 2. The van der Waals surface area contributed by atoms with Gasteiger partial charge in [0, 0.05) is 5.56 Å². The van der Waals surface area contributed by atoms with E-state index in [2.05, 4.69) is 0 Å². The zero-order valence-electron chi connectivity index (χ0n) is 13.4. The number of carbonyl (C=O) groups excluding carboxylic acids is 1. The molecule has 0 aliphatic heterocycles. The molecule has 23 heavy (non-hydrogen) atoms. The van der Waals surface area contributed by atoms with Crippen LogP contribution in [0.5, 0.6) is 5.75 Å². The van der Waals surface area contributed by atoms with Gasteiger partial charge in [-0.05, 0) is 43.0 Å². The fourth-order valence-electron chi connectivity index (χ4n) is 2.21. The minimum atomic E-state index is -3.93. The smallest absolute Gasteiger partial charge is 0.339 e. The summed E-state index contributed by atoms with van der Waals surface area (Å²) in [5, 5.41) is 0. The van der Waals surface area contributed by atoms with Crippen LogP contribution in [0.25, 0.3) is 0 Å². The van der Waals surface area contributed by atoms with Crippen LogP contribution in [0.3, 0.4) is 0 Å². The molecule has 0 N–H and O–H groups in total. The summed E-state index contributed by atoms with van der Waals surface area (Å²) in [7, 11) is -3.93. The molecule has 0 heterocycles. The average molecular weight is 332 g/mol. The fraction of sp³-hybridized carbons (Fsp3) is 0.278. The molecule has 0 amide bonds. The summed E-state index contributed by atoms with van der Waals surface area (Å²) in [5.74, 6) is 0.427. The van der Waals surface area contributed by atoms with Gasteiger partial charge >= 0.3 is 10.1 Å². The first kappa shape index (κ1) is 17.2. The maximum atomic E-state index is 12.4. The van der Waals surface area contributed by atoms with Crippen molar-refractivity contribution in [2.75, 3.05) is 0 Å². The summed E-state index contributed by atoms with van der Waals surface area (Å²) in [6, 6.07) is 12.9. The van der Waals surface area contributed by atoms with Crippen molar-refractivity contribution in [3.8, 4) is 5.75 Å². The van der Waals surface area contributed by atoms with Crippen molar-refractivity contribution >= 4 is 15.9 Å². The predicted octanol–water partition coefficient (Wildman–Crippen LogP) is 4.17. The molecular weight excluding hydrogens is 312 g/mol. The lowest BCUT2D eigenvalue weighted by Crippen LogP contribution is -2.11. The molecule has 2 aromatic carbocycles. The zero-order chi connectivity index (χ0) is 17.0. The number of ketones is 1. The molecule has 0 aliphatic carbocycles. The molecule has 0 spiro atoms. The quantitative estimate of drug-likeness (QED) is 0.588. The van der Waals surface area contributed by atoms with E-state index in [0.717, 1.165) is 12.0 Å². The molecule has 4 nitrogen and oxygen atoms in total. The third kappa shape index (κ3) is 3.99. The van der Waals surface area contributed by atoms with Gasteiger partial charge < -0.3 is 4.18 Å². The summed E-state index contributed by atoms with van der Waals surface area (Å²) < 4.78 is 30.2. The van der Waals surface area contributed by atoms with Crippen LogP contribution in [0.1, 0.15) is 49.0 Å². The maximum absolute atomic E-state index is 12.4. The van der Waals surface area contributed by atoms with Gasteiger partial charge in [-0.25, -0.2) is 0 Å². The highest BCUT2D eigenvalue weighted by Gasteiger charge is 2.20. The summed E-state index contributed by atoms with van der Waals surface area (Å²) >= 11 is 0. The highest BCUT2D eigenvalue weighted by molar-refractivity contribution is 7.87. The third-order valence-electron chi connectivity index (χ3n) is 3.81. The third-order valence-corrected chi connectivity index (χ3v) is 5.06. The van der Waals surface area contributed by atoms with Gasteiger partial charge in [-0.1, -0.05) is 44.2 Å². The first-order chi connectivity index (χ1) is 10.8. The minimum Gasteiger partial charge on any atom is -0.379 e. The molecule has 1 unspecified atom stereocenters. The van der Waals surface area contributed by atoms with E-state index in [4.69, 9.17) is 4.18 Å². The second kappa shape index (κ2) is 6.96. The number of para-hydroxylation sites is 1. The zero-order valence-corrected chi connectivity index (χ0v) is 14.3. The van der Waals surface area contributed by atoms with E-state index in [0.29, 0.717) is 11.3 Å². The molecule has 5 heteroatoms. The van der Waals surface area contributed by atoms with Crippen molar-refractivity contribution in [1.82, 2.24) is 0 Å². The molecule has 2 aromatic rings. The summed E-state index contributed by atoms with van der Waals surface area (Å²) in [5.41, 5.74) is 1.32. The van der Waals surface area contributed by atoms with Crippen LogP contribution in [0, 0.1) is 0 Å². The topological polar surface area (TPSA) is 60.4 Å². The molecule has 0 bridgehead atoms. The minimum absolute atomic E-state index is 0.0291. The number of carbonyl (C=O) groups is 1. The van der Waals surface area contributed by atoms with Crippen LogP contribution in [0.2, 0.25) is 0 Å². The van der Waals surface area contributed by atoms with Gasteiger partial charge in [0.2, 0.25) is 0 Å². The number of hydrogen-bond acceptors (Lipinski definition) is 4. The average Bonchev–Trinajstić information content (AvgIpc) is 2.54. The molecular formula is C18H20O4S. The molecule has 1 atom stereocenters. The Morgan fingerprint density at radius 2 is 1.70 bits per heavy atom. The summed E-state index contributed by atoms with van der Waals surface area (Å²) in [4.78, 5) is 11.3. The molecule has 0 aliphatic rings. The van der Waals surface area contributed by atoms with Gasteiger partial charge in [0.25, 0.3) is 0 Å². The first-order valence-electron chi connectivity index (χ1n) is 7.49. The van der Waals surface area contributed by atoms with Crippen LogP contribution in [-0.2, 0) is 10.1 Å². The second-order valence-corrected chi connectivity index (χ2v) is 7.01. The Morgan fingerprint density at radius 3 is 2.26 bits per heavy atom. The highest BCUT2D eigenvalue weighted by Crippen LogP contribution is 2.30. The van der Waals surface area contributed by atoms with Crippen molar-refractivity contribution in [1.29, 1.82) is 0 Å². The van der Waals surface area contributed by atoms with Gasteiger partial charge in [0.1, 0.15) is 10.6 Å². The maximum Gasteiger partial charge on any atom is 0.339 e.